The van der Waals surface area contributed by atoms with E-state index in [9.17, 15) is 14.3 Å². The number of methoxy groups -OCH3 is 1. The normalized spacial score (nSPS) is 19.5. The minimum atomic E-state index is -0.709. The van der Waals surface area contributed by atoms with E-state index in [4.69, 9.17) is 14.2 Å². The fourth-order valence-electron chi connectivity index (χ4n) is 4.78. The molecule has 3 N–H and O–H groups in total. The molecule has 8 nitrogen and oxygen atoms in total. The first-order valence-electron chi connectivity index (χ1n) is 12.2. The maximum atomic E-state index is 13.6. The van der Waals surface area contributed by atoms with E-state index < -0.39 is 6.10 Å². The molecule has 1 atom stereocenters. The number of urea groups is 1. The number of β-amino-alcohol motifs (C(OH)–C–C–N with tert-alkyl or cyclic N) is 1. The number of aliphatic hydroxyl groups excluding tert-OH is 1. The zero-order valence-electron chi connectivity index (χ0n) is 19.9. The third-order valence-corrected chi connectivity index (χ3v) is 6.88. The fraction of sp³-hybridized carbons (Fsp3) is 0.500. The maximum absolute atomic E-state index is 13.6. The summed E-state index contributed by atoms with van der Waals surface area (Å²) in [5, 5.41) is 16.3. The number of fused-ring (bicyclic) bond motifs is 1. The Kier molecular flexibility index (Phi) is 6.71. The monoisotopic (exact) mass is 485 g/mol. The van der Waals surface area contributed by atoms with Crippen LogP contribution in [0.5, 0.6) is 17.2 Å². The number of nitrogens with zero attached hydrogens (tertiary/aromatic N) is 1. The first kappa shape index (κ1) is 23.7. The van der Waals surface area contributed by atoms with Crippen LogP contribution in [0.4, 0.5) is 14.9 Å². The average molecular weight is 486 g/mol. The number of piperidine rings is 1. The fourth-order valence-corrected chi connectivity index (χ4v) is 4.78. The number of ether oxygens (including phenoxy) is 3. The van der Waals surface area contributed by atoms with Crippen LogP contribution in [0.1, 0.15) is 31.2 Å². The molecule has 188 valence electrons. The zero-order valence-corrected chi connectivity index (χ0v) is 19.9. The molecule has 5 rings (SSSR count). The second-order valence-electron chi connectivity index (χ2n) is 9.71. The van der Waals surface area contributed by atoms with E-state index in [-0.39, 0.29) is 30.1 Å². The summed E-state index contributed by atoms with van der Waals surface area (Å²) in [6.45, 7) is 2.10. The number of nitrogens with one attached hydrogen (secondary N) is 2. The van der Waals surface area contributed by atoms with Gasteiger partial charge in [-0.15, -0.1) is 0 Å². The molecular weight excluding hydrogens is 453 g/mol. The predicted octanol–water partition coefficient (Wildman–Crippen LogP) is 3.33. The number of hydrogen-bond acceptors (Lipinski definition) is 6. The van der Waals surface area contributed by atoms with Crippen molar-refractivity contribution in [2.75, 3.05) is 38.7 Å². The van der Waals surface area contributed by atoms with E-state index in [2.05, 4.69) is 15.5 Å². The number of anilines is 1. The van der Waals surface area contributed by atoms with Crippen molar-refractivity contribution in [1.29, 1.82) is 0 Å². The van der Waals surface area contributed by atoms with Gasteiger partial charge in [0.05, 0.1) is 12.8 Å². The lowest BCUT2D eigenvalue weighted by molar-refractivity contribution is -0.00192. The molecule has 2 aliphatic heterocycles. The highest BCUT2D eigenvalue weighted by Crippen LogP contribution is 2.41. The molecule has 2 fully saturated rings. The second kappa shape index (κ2) is 9.91. The van der Waals surface area contributed by atoms with Crippen LogP contribution in [0.25, 0.3) is 0 Å². The lowest BCUT2D eigenvalue weighted by atomic mass is 9.87. The topological polar surface area (TPSA) is 92.3 Å². The van der Waals surface area contributed by atoms with Gasteiger partial charge in [-0.25, -0.2) is 9.18 Å². The van der Waals surface area contributed by atoms with Gasteiger partial charge >= 0.3 is 6.03 Å². The van der Waals surface area contributed by atoms with E-state index in [1.807, 2.05) is 0 Å². The highest BCUT2D eigenvalue weighted by Gasteiger charge is 2.42. The summed E-state index contributed by atoms with van der Waals surface area (Å²) < 4.78 is 31.0. The molecule has 0 aromatic heterocycles. The SMILES string of the molecule is COc1ccc(NC(=O)NC2CC2)c(OC[C@@H](O)CN2CCC3(CC2)Cc2cc(F)ccc2O3)c1. The number of halogens is 1. The molecule has 1 spiro atoms. The zero-order chi connectivity index (χ0) is 24.4. The van der Waals surface area contributed by atoms with Crippen molar-refractivity contribution >= 4 is 11.7 Å². The van der Waals surface area contributed by atoms with Crippen molar-refractivity contribution in [2.45, 2.75) is 49.9 Å². The van der Waals surface area contributed by atoms with Crippen LogP contribution in [-0.4, -0.2) is 67.1 Å². The Labute approximate surface area is 204 Å². The summed E-state index contributed by atoms with van der Waals surface area (Å²) in [4.78, 5) is 14.4. The van der Waals surface area contributed by atoms with Crippen LogP contribution in [0, 0.1) is 5.82 Å². The van der Waals surface area contributed by atoms with E-state index in [1.54, 1.807) is 37.4 Å². The number of rotatable bonds is 8. The molecule has 2 amide bonds. The summed E-state index contributed by atoms with van der Waals surface area (Å²) in [5.74, 6) is 1.59. The van der Waals surface area contributed by atoms with Gasteiger partial charge < -0.3 is 34.9 Å². The van der Waals surface area contributed by atoms with Gasteiger partial charge in [0.25, 0.3) is 0 Å². The molecule has 0 radical (unpaired) electrons. The van der Waals surface area contributed by atoms with Gasteiger partial charge in [-0.1, -0.05) is 0 Å². The number of amides is 2. The van der Waals surface area contributed by atoms with Gasteiger partial charge in [0.1, 0.15) is 41.4 Å². The van der Waals surface area contributed by atoms with Gasteiger partial charge in [-0.05, 0) is 43.2 Å². The van der Waals surface area contributed by atoms with Crippen molar-refractivity contribution in [2.24, 2.45) is 0 Å². The lowest BCUT2D eigenvalue weighted by Crippen LogP contribution is -2.49. The largest absolute Gasteiger partial charge is 0.497 e. The Morgan fingerprint density at radius 3 is 2.80 bits per heavy atom. The minimum Gasteiger partial charge on any atom is -0.497 e. The van der Waals surface area contributed by atoms with E-state index in [0.717, 1.165) is 56.5 Å². The molecule has 2 aromatic rings. The number of aliphatic hydroxyl groups is 1. The molecule has 2 heterocycles. The Morgan fingerprint density at radius 2 is 2.06 bits per heavy atom. The highest BCUT2D eigenvalue weighted by molar-refractivity contribution is 5.91. The summed E-state index contributed by atoms with van der Waals surface area (Å²) in [6, 6.07) is 9.85. The number of hydrogen-bond donors (Lipinski definition) is 3. The van der Waals surface area contributed by atoms with Crippen LogP contribution in [0.3, 0.4) is 0 Å². The quantitative estimate of drug-likeness (QED) is 0.531. The van der Waals surface area contributed by atoms with E-state index in [1.165, 1.54) is 6.07 Å². The molecule has 1 saturated carbocycles. The van der Waals surface area contributed by atoms with Crippen LogP contribution in [-0.2, 0) is 6.42 Å². The van der Waals surface area contributed by atoms with Crippen molar-refractivity contribution in [3.8, 4) is 17.2 Å². The number of likely N-dealkylation sites (tertiary alicyclic amines) is 1. The van der Waals surface area contributed by atoms with Crippen molar-refractivity contribution in [3.05, 3.63) is 47.8 Å². The summed E-state index contributed by atoms with van der Waals surface area (Å²) in [7, 11) is 1.56. The molecule has 9 heteroatoms. The third-order valence-electron chi connectivity index (χ3n) is 6.88. The number of carbonyl (C=O) groups is 1. The van der Waals surface area contributed by atoms with Crippen LogP contribution in [0.15, 0.2) is 36.4 Å². The average Bonchev–Trinajstić information content (AvgIpc) is 3.58. The second-order valence-corrected chi connectivity index (χ2v) is 9.71. The third kappa shape index (κ3) is 5.79. The van der Waals surface area contributed by atoms with E-state index >= 15 is 0 Å². The molecule has 3 aliphatic rings. The Bertz CT molecular complexity index is 1070. The molecule has 0 unspecified atom stereocenters. The summed E-state index contributed by atoms with van der Waals surface area (Å²) in [6.07, 6.45) is 3.65. The first-order valence-corrected chi connectivity index (χ1v) is 12.2. The highest BCUT2D eigenvalue weighted by atomic mass is 19.1. The Balaban J connectivity index is 1.12. The molecular formula is C26H32FN3O5. The van der Waals surface area contributed by atoms with E-state index in [0.29, 0.717) is 23.7 Å². The minimum absolute atomic E-state index is 0.0783. The van der Waals surface area contributed by atoms with Crippen molar-refractivity contribution in [3.63, 3.8) is 0 Å². The van der Waals surface area contributed by atoms with Crippen LogP contribution < -0.4 is 24.8 Å². The standard InChI is InChI=1S/C26H32FN3O5/c1-33-21-5-6-22(29-25(32)28-19-3-4-19)24(13-21)34-16-20(31)15-30-10-8-26(9-11-30)14-17-12-18(27)2-7-23(17)35-26/h2,5-7,12-13,19-20,31H,3-4,8-11,14-16H2,1H3,(H2,28,29,32)/t20-/m0/s1. The van der Waals surface area contributed by atoms with Gasteiger partial charge in [0, 0.05) is 56.6 Å². The van der Waals surface area contributed by atoms with Crippen molar-refractivity contribution in [1.82, 2.24) is 10.2 Å². The molecule has 1 saturated heterocycles. The smallest absolute Gasteiger partial charge is 0.319 e. The molecule has 35 heavy (non-hydrogen) atoms. The Morgan fingerprint density at radius 1 is 1.26 bits per heavy atom. The van der Waals surface area contributed by atoms with Crippen LogP contribution >= 0.6 is 0 Å². The maximum Gasteiger partial charge on any atom is 0.319 e. The Hall–Kier alpha value is -3.04. The van der Waals surface area contributed by atoms with Crippen molar-refractivity contribution < 1.29 is 28.5 Å². The van der Waals surface area contributed by atoms with Crippen LogP contribution in [0.2, 0.25) is 0 Å². The number of benzene rings is 2. The first-order chi connectivity index (χ1) is 16.9. The van der Waals surface area contributed by atoms with Gasteiger partial charge in [-0.3, -0.25) is 0 Å². The molecule has 1 aliphatic carbocycles. The van der Waals surface area contributed by atoms with Gasteiger partial charge in [-0.2, -0.15) is 0 Å². The predicted molar refractivity (Wildman–Crippen MR) is 129 cm³/mol. The lowest BCUT2D eigenvalue weighted by Gasteiger charge is -2.39. The molecule has 2 aromatic carbocycles. The summed E-state index contributed by atoms with van der Waals surface area (Å²) >= 11 is 0. The number of carbonyl (C=O) groups excluding carboxylic acids is 1. The summed E-state index contributed by atoms with van der Waals surface area (Å²) in [5.41, 5.74) is 1.17. The molecule has 0 bridgehead atoms. The van der Waals surface area contributed by atoms with Gasteiger partial charge in [0.15, 0.2) is 0 Å². The van der Waals surface area contributed by atoms with Gasteiger partial charge in [0.2, 0.25) is 0 Å².